The third-order valence-electron chi connectivity index (χ3n) is 2.51. The van der Waals surface area contributed by atoms with Gasteiger partial charge in [0.05, 0.1) is 11.5 Å². The molecule has 0 saturated heterocycles. The third-order valence-corrected chi connectivity index (χ3v) is 2.51. The summed E-state index contributed by atoms with van der Waals surface area (Å²) in [5.74, 6) is -1.74. The summed E-state index contributed by atoms with van der Waals surface area (Å²) in [7, 11) is 0. The lowest BCUT2D eigenvalue weighted by molar-refractivity contribution is -0.171. The van der Waals surface area contributed by atoms with E-state index in [-0.39, 0.29) is 5.56 Å². The molecule has 18 heavy (non-hydrogen) atoms. The molecule has 0 saturated carbocycles. The summed E-state index contributed by atoms with van der Waals surface area (Å²) in [5.41, 5.74) is 4.30. The van der Waals surface area contributed by atoms with E-state index in [1.807, 2.05) is 0 Å². The van der Waals surface area contributed by atoms with Gasteiger partial charge in [-0.1, -0.05) is 12.1 Å². The second-order valence-electron chi connectivity index (χ2n) is 3.87. The Kier molecular flexibility index (Phi) is 4.26. The first-order valence-corrected chi connectivity index (χ1v) is 5.07. The summed E-state index contributed by atoms with van der Waals surface area (Å²) in [6, 6.07) is 3.60. The number of benzene rings is 1. The Labute approximate surface area is 99.6 Å². The molecule has 0 amide bonds. The predicted molar refractivity (Wildman–Crippen MR) is 53.7 cm³/mol. The van der Waals surface area contributed by atoms with Crippen LogP contribution >= 0.6 is 0 Å². The minimum absolute atomic E-state index is 0.177. The van der Waals surface area contributed by atoms with Crippen molar-refractivity contribution in [3.05, 3.63) is 35.4 Å². The van der Waals surface area contributed by atoms with Crippen LogP contribution < -0.4 is 5.73 Å². The zero-order valence-corrected chi connectivity index (χ0v) is 9.15. The molecular weight excluding hydrogens is 260 g/mol. The Morgan fingerprint density at radius 2 is 1.44 bits per heavy atom. The van der Waals surface area contributed by atoms with Crippen molar-refractivity contribution in [3.63, 3.8) is 0 Å². The highest BCUT2D eigenvalue weighted by Gasteiger charge is 2.38. The fraction of sp³-hybridized carbons (Fsp3) is 0.455. The molecule has 0 fully saturated rings. The van der Waals surface area contributed by atoms with E-state index < -0.39 is 36.8 Å². The van der Waals surface area contributed by atoms with Crippen molar-refractivity contribution in [2.45, 2.75) is 18.8 Å². The van der Waals surface area contributed by atoms with Crippen LogP contribution in [0.25, 0.3) is 0 Å². The summed E-state index contributed by atoms with van der Waals surface area (Å²) >= 11 is 0. The van der Waals surface area contributed by atoms with E-state index in [1.54, 1.807) is 0 Å². The van der Waals surface area contributed by atoms with Gasteiger partial charge in [0.25, 0.3) is 0 Å². The Hall–Kier alpha value is -1.24. The van der Waals surface area contributed by atoms with Crippen molar-refractivity contribution < 1.29 is 26.3 Å². The number of hydrogen-bond donors (Lipinski definition) is 1. The predicted octanol–water partition coefficient (Wildman–Crippen LogP) is 3.39. The van der Waals surface area contributed by atoms with Crippen LogP contribution in [0.5, 0.6) is 0 Å². The molecule has 0 aliphatic carbocycles. The van der Waals surface area contributed by atoms with E-state index in [2.05, 4.69) is 0 Å². The highest BCUT2D eigenvalue weighted by atomic mass is 19.4. The Morgan fingerprint density at radius 3 is 1.78 bits per heavy atom. The molecule has 0 heterocycles. The van der Waals surface area contributed by atoms with Gasteiger partial charge >= 0.3 is 12.4 Å². The van der Waals surface area contributed by atoms with Gasteiger partial charge in [0, 0.05) is 6.54 Å². The second-order valence-corrected chi connectivity index (χ2v) is 3.87. The highest BCUT2D eigenvalue weighted by Crippen LogP contribution is 2.31. The topological polar surface area (TPSA) is 26.0 Å². The molecule has 1 nitrogen and oxygen atoms in total. The van der Waals surface area contributed by atoms with E-state index in [9.17, 15) is 26.3 Å². The van der Waals surface area contributed by atoms with E-state index in [1.165, 1.54) is 0 Å². The van der Waals surface area contributed by atoms with Crippen LogP contribution in [0.1, 0.15) is 11.1 Å². The molecule has 0 aliphatic heterocycles. The lowest BCUT2D eigenvalue weighted by Crippen LogP contribution is -2.31. The smallest absolute Gasteiger partial charge is 0.330 e. The maximum Gasteiger partial charge on any atom is 0.416 e. The molecule has 1 rings (SSSR count). The van der Waals surface area contributed by atoms with Gasteiger partial charge in [0.1, 0.15) is 0 Å². The fourth-order valence-electron chi connectivity index (χ4n) is 1.45. The first-order valence-electron chi connectivity index (χ1n) is 5.07. The molecule has 1 atom stereocenters. The van der Waals surface area contributed by atoms with Crippen LogP contribution in [-0.2, 0) is 12.6 Å². The van der Waals surface area contributed by atoms with Gasteiger partial charge in [0.2, 0.25) is 0 Å². The van der Waals surface area contributed by atoms with Crippen molar-refractivity contribution in [2.75, 3.05) is 6.54 Å². The monoisotopic (exact) mass is 271 g/mol. The lowest BCUT2D eigenvalue weighted by Gasteiger charge is -2.18. The molecular formula is C11H11F6N. The van der Waals surface area contributed by atoms with E-state index in [0.29, 0.717) is 0 Å². The normalized spacial score (nSPS) is 14.6. The minimum atomic E-state index is -4.49. The Bertz CT molecular complexity index is 378. The van der Waals surface area contributed by atoms with E-state index >= 15 is 0 Å². The number of nitrogens with two attached hydrogens (primary N) is 1. The quantitative estimate of drug-likeness (QED) is 0.838. The maximum absolute atomic E-state index is 12.4. The van der Waals surface area contributed by atoms with Crippen molar-refractivity contribution in [2.24, 2.45) is 11.7 Å². The van der Waals surface area contributed by atoms with Crippen molar-refractivity contribution in [1.29, 1.82) is 0 Å². The van der Waals surface area contributed by atoms with Gasteiger partial charge < -0.3 is 5.73 Å². The summed E-state index contributed by atoms with van der Waals surface area (Å²) in [4.78, 5) is 0. The molecule has 0 bridgehead atoms. The van der Waals surface area contributed by atoms with Crippen LogP contribution in [0.2, 0.25) is 0 Å². The summed E-state index contributed by atoms with van der Waals surface area (Å²) < 4.78 is 74.0. The number of rotatable bonds is 3. The van der Waals surface area contributed by atoms with Crippen LogP contribution in [0.3, 0.4) is 0 Å². The van der Waals surface area contributed by atoms with Gasteiger partial charge in [-0.15, -0.1) is 0 Å². The number of hydrogen-bond acceptors (Lipinski definition) is 1. The largest absolute Gasteiger partial charge is 0.416 e. The van der Waals surface area contributed by atoms with Gasteiger partial charge in [-0.05, 0) is 24.1 Å². The van der Waals surface area contributed by atoms with Crippen molar-refractivity contribution >= 4 is 0 Å². The lowest BCUT2D eigenvalue weighted by atomic mass is 9.98. The molecule has 0 radical (unpaired) electrons. The van der Waals surface area contributed by atoms with Crippen LogP contribution in [-0.4, -0.2) is 12.7 Å². The highest BCUT2D eigenvalue weighted by molar-refractivity contribution is 5.25. The summed E-state index contributed by atoms with van der Waals surface area (Å²) in [6.07, 6.45) is -9.36. The molecule has 1 aromatic carbocycles. The fourth-order valence-corrected chi connectivity index (χ4v) is 1.45. The van der Waals surface area contributed by atoms with Crippen LogP contribution in [0, 0.1) is 5.92 Å². The molecule has 1 unspecified atom stereocenters. The minimum Gasteiger partial charge on any atom is -0.330 e. The first-order chi connectivity index (χ1) is 8.14. The molecule has 0 aliphatic rings. The zero-order valence-electron chi connectivity index (χ0n) is 9.15. The molecule has 7 heteroatoms. The van der Waals surface area contributed by atoms with Crippen molar-refractivity contribution in [3.8, 4) is 0 Å². The average molecular weight is 271 g/mol. The maximum atomic E-state index is 12.4. The SMILES string of the molecule is NCC(Cc1ccc(C(F)(F)F)cc1)C(F)(F)F. The second kappa shape index (κ2) is 5.17. The van der Waals surface area contributed by atoms with Crippen LogP contribution in [0.4, 0.5) is 26.3 Å². The van der Waals surface area contributed by atoms with E-state index in [4.69, 9.17) is 5.73 Å². The molecule has 102 valence electrons. The first kappa shape index (κ1) is 14.8. The summed E-state index contributed by atoms with van der Waals surface area (Å²) in [6.45, 7) is -0.593. The average Bonchev–Trinajstić information content (AvgIpc) is 2.23. The molecule has 2 N–H and O–H groups in total. The van der Waals surface area contributed by atoms with Gasteiger partial charge in [0.15, 0.2) is 0 Å². The molecule has 1 aromatic rings. The molecule has 0 aromatic heterocycles. The van der Waals surface area contributed by atoms with Gasteiger partial charge in [-0.2, -0.15) is 26.3 Å². The Balaban J connectivity index is 2.81. The van der Waals surface area contributed by atoms with E-state index in [0.717, 1.165) is 24.3 Å². The standard InChI is InChI=1S/C11H11F6N/c12-10(13,14)8-3-1-7(2-4-8)5-9(6-18)11(15,16)17/h1-4,9H,5-6,18H2. The number of alkyl halides is 6. The molecule has 0 spiro atoms. The van der Waals surface area contributed by atoms with Gasteiger partial charge in [-0.3, -0.25) is 0 Å². The summed E-state index contributed by atoms with van der Waals surface area (Å²) in [5, 5.41) is 0. The zero-order chi connectivity index (χ0) is 14.0. The van der Waals surface area contributed by atoms with Gasteiger partial charge in [-0.25, -0.2) is 0 Å². The Morgan fingerprint density at radius 1 is 0.944 bits per heavy atom. The third kappa shape index (κ3) is 3.90. The van der Waals surface area contributed by atoms with Crippen LogP contribution in [0.15, 0.2) is 24.3 Å². The van der Waals surface area contributed by atoms with Crippen molar-refractivity contribution in [1.82, 2.24) is 0 Å². The number of halogens is 6.